The quantitative estimate of drug-likeness (QED) is 0.803. The Morgan fingerprint density at radius 2 is 2.00 bits per heavy atom. The Morgan fingerprint density at radius 1 is 1.32 bits per heavy atom. The van der Waals surface area contributed by atoms with E-state index in [4.69, 9.17) is 11.6 Å². The average Bonchev–Trinajstić information content (AvgIpc) is 2.32. The number of nitrogens with one attached hydrogen (secondary N) is 1. The number of hydrogen-bond donors (Lipinski definition) is 1. The van der Waals surface area contributed by atoms with Gasteiger partial charge in [0.05, 0.1) is 11.5 Å². The summed E-state index contributed by atoms with van der Waals surface area (Å²) in [5.74, 6) is 0.246. The first-order valence-electron chi connectivity index (χ1n) is 6.62. The molecule has 0 heterocycles. The van der Waals surface area contributed by atoms with Crippen molar-refractivity contribution >= 4 is 21.4 Å². The zero-order valence-electron chi connectivity index (χ0n) is 11.5. The largest absolute Gasteiger partial charge is 0.315 e. The Hall–Kier alpha value is -0.580. The van der Waals surface area contributed by atoms with Crippen molar-refractivity contribution in [1.82, 2.24) is 5.32 Å². The van der Waals surface area contributed by atoms with E-state index in [2.05, 4.69) is 12.2 Å². The van der Waals surface area contributed by atoms with Crippen LogP contribution in [0.1, 0.15) is 32.3 Å². The van der Waals surface area contributed by atoms with Gasteiger partial charge in [0.25, 0.3) is 0 Å². The molecule has 1 N–H and O–H groups in total. The number of halogens is 1. The van der Waals surface area contributed by atoms with Crippen LogP contribution < -0.4 is 5.32 Å². The van der Waals surface area contributed by atoms with Gasteiger partial charge in [-0.2, -0.15) is 0 Å². The maximum atomic E-state index is 12.0. The summed E-state index contributed by atoms with van der Waals surface area (Å²) in [5.41, 5.74) is 0.684. The van der Waals surface area contributed by atoms with E-state index in [1.165, 1.54) is 0 Å². The summed E-state index contributed by atoms with van der Waals surface area (Å²) >= 11 is 5.98. The molecule has 0 aromatic heterocycles. The summed E-state index contributed by atoms with van der Waals surface area (Å²) in [6.07, 6.45) is 1.55. The van der Waals surface area contributed by atoms with Gasteiger partial charge in [-0.05, 0) is 37.9 Å². The first-order chi connectivity index (χ1) is 8.94. The van der Waals surface area contributed by atoms with E-state index in [9.17, 15) is 8.42 Å². The van der Waals surface area contributed by atoms with Crippen molar-refractivity contribution in [3.63, 3.8) is 0 Å². The monoisotopic (exact) mass is 303 g/mol. The Kier molecular flexibility index (Phi) is 6.83. The Bertz CT molecular complexity index is 488. The molecule has 1 unspecified atom stereocenters. The van der Waals surface area contributed by atoms with Gasteiger partial charge in [0.15, 0.2) is 9.84 Å². The number of sulfone groups is 1. The van der Waals surface area contributed by atoms with Crippen LogP contribution in [0.25, 0.3) is 0 Å². The predicted molar refractivity (Wildman–Crippen MR) is 81.3 cm³/mol. The molecule has 0 spiro atoms. The van der Waals surface area contributed by atoms with Crippen molar-refractivity contribution in [2.75, 3.05) is 12.3 Å². The molecule has 0 fully saturated rings. The van der Waals surface area contributed by atoms with E-state index < -0.39 is 9.84 Å². The second-order valence-electron chi connectivity index (χ2n) is 4.78. The SMILES string of the molecule is CCNC(C)CCCS(=O)(=O)Cc1ccccc1Cl. The van der Waals surface area contributed by atoms with Crippen molar-refractivity contribution in [2.45, 2.75) is 38.5 Å². The fourth-order valence-corrected chi connectivity index (χ4v) is 3.74. The summed E-state index contributed by atoms with van der Waals surface area (Å²) in [7, 11) is -3.08. The van der Waals surface area contributed by atoms with Gasteiger partial charge >= 0.3 is 0 Å². The summed E-state index contributed by atoms with van der Waals surface area (Å²) in [4.78, 5) is 0. The molecule has 0 aliphatic rings. The molecule has 0 saturated heterocycles. The van der Waals surface area contributed by atoms with Gasteiger partial charge < -0.3 is 5.32 Å². The highest BCUT2D eigenvalue weighted by Gasteiger charge is 2.14. The Balaban J connectivity index is 2.47. The number of hydrogen-bond acceptors (Lipinski definition) is 3. The fourth-order valence-electron chi connectivity index (χ4n) is 1.98. The van der Waals surface area contributed by atoms with Crippen molar-refractivity contribution in [3.8, 4) is 0 Å². The molecule has 0 saturated carbocycles. The van der Waals surface area contributed by atoms with Crippen LogP contribution >= 0.6 is 11.6 Å². The maximum Gasteiger partial charge on any atom is 0.154 e. The maximum absolute atomic E-state index is 12.0. The number of rotatable bonds is 8. The molecule has 0 radical (unpaired) electrons. The molecule has 1 aromatic rings. The lowest BCUT2D eigenvalue weighted by molar-refractivity contribution is 0.520. The molecule has 5 heteroatoms. The Labute approximate surface area is 121 Å². The van der Waals surface area contributed by atoms with E-state index in [0.29, 0.717) is 23.0 Å². The summed E-state index contributed by atoms with van der Waals surface area (Å²) in [5, 5.41) is 3.80. The zero-order chi connectivity index (χ0) is 14.3. The third-order valence-electron chi connectivity index (χ3n) is 2.98. The van der Waals surface area contributed by atoms with E-state index in [0.717, 1.165) is 13.0 Å². The minimum absolute atomic E-state index is 0.0300. The molecular weight excluding hydrogens is 282 g/mol. The van der Waals surface area contributed by atoms with E-state index >= 15 is 0 Å². The second kappa shape index (κ2) is 7.88. The normalized spacial score (nSPS) is 13.4. The van der Waals surface area contributed by atoms with Crippen LogP contribution in [-0.2, 0) is 15.6 Å². The molecule has 1 aromatic carbocycles. The predicted octanol–water partition coefficient (Wildman–Crippen LogP) is 3.03. The molecule has 0 bridgehead atoms. The van der Waals surface area contributed by atoms with Crippen LogP contribution in [0.5, 0.6) is 0 Å². The van der Waals surface area contributed by atoms with Crippen LogP contribution in [0.3, 0.4) is 0 Å². The van der Waals surface area contributed by atoms with Crippen molar-refractivity contribution in [2.24, 2.45) is 0 Å². The first kappa shape index (κ1) is 16.5. The molecule has 1 rings (SSSR count). The highest BCUT2D eigenvalue weighted by Crippen LogP contribution is 2.18. The fraction of sp³-hybridized carbons (Fsp3) is 0.571. The number of benzene rings is 1. The van der Waals surface area contributed by atoms with Gasteiger partial charge in [-0.1, -0.05) is 36.7 Å². The second-order valence-corrected chi connectivity index (χ2v) is 7.38. The van der Waals surface area contributed by atoms with E-state index in [-0.39, 0.29) is 11.5 Å². The lowest BCUT2D eigenvalue weighted by Gasteiger charge is -2.12. The van der Waals surface area contributed by atoms with Gasteiger partial charge in [-0.25, -0.2) is 8.42 Å². The van der Waals surface area contributed by atoms with E-state index in [1.54, 1.807) is 18.2 Å². The molecular formula is C14H22ClNO2S. The third-order valence-corrected chi connectivity index (χ3v) is 5.01. The van der Waals surface area contributed by atoms with Gasteiger partial charge in [0.1, 0.15) is 0 Å². The van der Waals surface area contributed by atoms with Gasteiger partial charge in [0, 0.05) is 11.1 Å². The lowest BCUT2D eigenvalue weighted by Crippen LogP contribution is -2.26. The summed E-state index contributed by atoms with van der Waals surface area (Å²) in [6, 6.07) is 7.46. The van der Waals surface area contributed by atoms with Crippen molar-refractivity contribution < 1.29 is 8.42 Å². The standard InChI is InChI=1S/C14H22ClNO2S/c1-3-16-12(2)7-6-10-19(17,18)11-13-8-4-5-9-14(13)15/h4-5,8-9,12,16H,3,6-7,10-11H2,1-2H3. The molecule has 108 valence electrons. The molecule has 0 aliphatic carbocycles. The van der Waals surface area contributed by atoms with E-state index in [1.807, 2.05) is 13.0 Å². The average molecular weight is 304 g/mol. The highest BCUT2D eigenvalue weighted by molar-refractivity contribution is 7.90. The topological polar surface area (TPSA) is 46.2 Å². The van der Waals surface area contributed by atoms with Gasteiger partial charge in [-0.15, -0.1) is 0 Å². The summed E-state index contributed by atoms with van der Waals surface area (Å²) in [6.45, 7) is 5.03. The van der Waals surface area contributed by atoms with Crippen molar-refractivity contribution in [1.29, 1.82) is 0 Å². The molecule has 0 amide bonds. The van der Waals surface area contributed by atoms with Crippen LogP contribution in [0.4, 0.5) is 0 Å². The smallest absolute Gasteiger partial charge is 0.154 e. The molecule has 19 heavy (non-hydrogen) atoms. The molecule has 1 atom stereocenters. The molecule has 3 nitrogen and oxygen atoms in total. The van der Waals surface area contributed by atoms with Crippen LogP contribution in [0, 0.1) is 0 Å². The minimum atomic E-state index is -3.08. The van der Waals surface area contributed by atoms with Crippen LogP contribution in [0.15, 0.2) is 24.3 Å². The summed E-state index contributed by atoms with van der Waals surface area (Å²) < 4.78 is 24.0. The molecule has 0 aliphatic heterocycles. The highest BCUT2D eigenvalue weighted by atomic mass is 35.5. The van der Waals surface area contributed by atoms with Crippen LogP contribution in [0.2, 0.25) is 5.02 Å². The van der Waals surface area contributed by atoms with Crippen LogP contribution in [-0.4, -0.2) is 26.8 Å². The lowest BCUT2D eigenvalue weighted by atomic mass is 10.2. The third kappa shape index (κ3) is 6.41. The first-order valence-corrected chi connectivity index (χ1v) is 8.81. The van der Waals surface area contributed by atoms with Gasteiger partial charge in [-0.3, -0.25) is 0 Å². The zero-order valence-corrected chi connectivity index (χ0v) is 13.1. The Morgan fingerprint density at radius 3 is 2.63 bits per heavy atom. The minimum Gasteiger partial charge on any atom is -0.315 e. The van der Waals surface area contributed by atoms with Crippen molar-refractivity contribution in [3.05, 3.63) is 34.9 Å². The van der Waals surface area contributed by atoms with Gasteiger partial charge in [0.2, 0.25) is 0 Å².